The summed E-state index contributed by atoms with van der Waals surface area (Å²) in [6, 6.07) is 2.44. The maximum Gasteiger partial charge on any atom is 0.126 e. The lowest BCUT2D eigenvalue weighted by molar-refractivity contribution is 1.74. The number of rotatable bonds is 0. The molecule has 0 unspecified atom stereocenters. The van der Waals surface area contributed by atoms with Crippen LogP contribution in [0.15, 0.2) is 4.90 Å². The minimum atomic E-state index is -0.333. The third-order valence-electron chi connectivity index (χ3n) is 0.884. The number of hydrogen-bond donors (Lipinski definition) is 0. The molecular formula is C10H7BN-. The summed E-state index contributed by atoms with van der Waals surface area (Å²) in [7, 11) is 0. The van der Waals surface area contributed by atoms with Crippen molar-refractivity contribution in [2.24, 2.45) is 4.90 Å². The summed E-state index contributed by atoms with van der Waals surface area (Å²) in [5.41, 5.74) is 0. The fraction of sp³-hybridized carbons (Fsp3) is 0.200. The topological polar surface area (TPSA) is 12.4 Å². The molecule has 56 valence electrons. The molecule has 0 aromatic rings. The molecule has 0 rings (SSSR count). The largest absolute Gasteiger partial charge is 0.445 e. The van der Waals surface area contributed by atoms with E-state index < -0.39 is 0 Å². The summed E-state index contributed by atoms with van der Waals surface area (Å²) in [5, 5.41) is 0. The van der Waals surface area contributed by atoms with Crippen molar-refractivity contribution >= 4 is 6.51 Å². The molecule has 0 fully saturated rings. The molecule has 2 heteroatoms. The van der Waals surface area contributed by atoms with E-state index in [1.54, 1.807) is 13.8 Å². The van der Waals surface area contributed by atoms with Crippen molar-refractivity contribution in [3.05, 3.63) is 0 Å². The highest BCUT2D eigenvalue weighted by molar-refractivity contribution is 6.65. The molecule has 0 aliphatic rings. The van der Waals surface area contributed by atoms with Crippen molar-refractivity contribution in [1.82, 2.24) is 0 Å². The van der Waals surface area contributed by atoms with Crippen molar-refractivity contribution in [3.63, 3.8) is 0 Å². The first kappa shape index (κ1) is 10.1. The van der Waals surface area contributed by atoms with Crippen molar-refractivity contribution in [1.29, 1.82) is 0 Å². The lowest BCUT2D eigenvalue weighted by Crippen LogP contribution is -1.91. The van der Waals surface area contributed by atoms with Gasteiger partial charge in [0.15, 0.2) is 0 Å². The summed E-state index contributed by atoms with van der Waals surface area (Å²) in [5.74, 6) is 15.5. The predicted octanol–water partition coefficient (Wildman–Crippen LogP) is 0.966. The van der Waals surface area contributed by atoms with Crippen LogP contribution in [0.4, 0.5) is 0 Å². The van der Waals surface area contributed by atoms with E-state index in [0.29, 0.717) is 0 Å². The Morgan fingerprint density at radius 2 is 1.75 bits per heavy atom. The third kappa shape index (κ3) is 4.94. The highest BCUT2D eigenvalue weighted by atomic mass is 14.6. The highest BCUT2D eigenvalue weighted by Crippen LogP contribution is 1.71. The maximum atomic E-state index is 4.91. The van der Waals surface area contributed by atoms with E-state index in [1.807, 2.05) is 0 Å². The smallest absolute Gasteiger partial charge is 0.126 e. The van der Waals surface area contributed by atoms with Crippen LogP contribution in [-0.2, 0) is 0 Å². The van der Waals surface area contributed by atoms with Gasteiger partial charge in [-0.3, -0.25) is 11.6 Å². The van der Waals surface area contributed by atoms with Gasteiger partial charge in [-0.15, -0.1) is 6.42 Å². The fourth-order valence-corrected chi connectivity index (χ4v) is 0.503. The van der Waals surface area contributed by atoms with E-state index >= 15 is 0 Å². The molecule has 0 amide bonds. The van der Waals surface area contributed by atoms with Gasteiger partial charge in [0, 0.05) is 5.92 Å². The van der Waals surface area contributed by atoms with E-state index in [0.717, 1.165) is 0 Å². The Kier molecular flexibility index (Phi) is 6.08. The molecule has 0 aromatic heterocycles. The molecule has 0 saturated carbocycles. The minimum Gasteiger partial charge on any atom is -0.445 e. The van der Waals surface area contributed by atoms with Gasteiger partial charge in [0.1, 0.15) is 6.51 Å². The monoisotopic (exact) mass is 152 g/mol. The number of terminal acetylenes is 1. The highest BCUT2D eigenvalue weighted by Gasteiger charge is 1.68. The number of hydrogen-bond acceptors (Lipinski definition) is 1. The van der Waals surface area contributed by atoms with E-state index in [4.69, 9.17) is 6.42 Å². The first-order valence-electron chi connectivity index (χ1n) is 3.35. The lowest BCUT2D eigenvalue weighted by atomic mass is 9.73. The van der Waals surface area contributed by atoms with Gasteiger partial charge < -0.3 is 4.90 Å². The average molecular weight is 152 g/mol. The normalized spacial score (nSPS) is 5.08. The Hall–Kier alpha value is -1.90. The van der Waals surface area contributed by atoms with Crippen LogP contribution in [0, 0.1) is 47.8 Å². The van der Waals surface area contributed by atoms with Gasteiger partial charge in [-0.2, -0.15) is 11.8 Å². The first-order valence-corrected chi connectivity index (χ1v) is 3.35. The van der Waals surface area contributed by atoms with Crippen LogP contribution in [0.3, 0.4) is 0 Å². The van der Waals surface area contributed by atoms with Crippen molar-refractivity contribution in [2.45, 2.75) is 13.8 Å². The zero-order valence-electron chi connectivity index (χ0n) is 7.10. The summed E-state index contributed by atoms with van der Waals surface area (Å²) in [6.45, 7) is 3.13. The first-order chi connectivity index (χ1) is 5.85. The number of nitrogens with zero attached hydrogens (tertiary/aromatic N) is 1. The van der Waals surface area contributed by atoms with Crippen molar-refractivity contribution in [2.75, 3.05) is 0 Å². The summed E-state index contributed by atoms with van der Waals surface area (Å²) >= 11 is 0. The van der Waals surface area contributed by atoms with Crippen LogP contribution >= 0.6 is 0 Å². The molecular weight excluding hydrogens is 145 g/mol. The second-order valence-electron chi connectivity index (χ2n) is 1.70. The maximum absolute atomic E-state index is 4.91. The molecule has 0 atom stereocenters. The van der Waals surface area contributed by atoms with Crippen LogP contribution in [0.5, 0.6) is 0 Å². The van der Waals surface area contributed by atoms with E-state index in [-0.39, 0.29) is 6.51 Å². The Labute approximate surface area is 73.7 Å². The lowest BCUT2D eigenvalue weighted by Gasteiger charge is -1.92. The van der Waals surface area contributed by atoms with Crippen molar-refractivity contribution < 1.29 is 0 Å². The van der Waals surface area contributed by atoms with Crippen molar-refractivity contribution in [3.8, 4) is 47.8 Å². The molecule has 0 N–H and O–H groups in total. The molecule has 0 heterocycles. The quantitative estimate of drug-likeness (QED) is 0.362. The molecule has 0 radical (unpaired) electrons. The Morgan fingerprint density at radius 1 is 1.17 bits per heavy atom. The zero-order valence-corrected chi connectivity index (χ0v) is 7.10. The molecule has 0 bridgehead atoms. The van der Waals surface area contributed by atoms with Gasteiger partial charge >= 0.3 is 0 Å². The van der Waals surface area contributed by atoms with Gasteiger partial charge in [-0.05, 0) is 25.8 Å². The molecule has 0 aliphatic carbocycles. The van der Waals surface area contributed by atoms with E-state index in [2.05, 4.69) is 46.3 Å². The molecule has 0 aromatic carbocycles. The Morgan fingerprint density at radius 3 is 2.17 bits per heavy atom. The van der Waals surface area contributed by atoms with Crippen LogP contribution < -0.4 is 0 Å². The van der Waals surface area contributed by atoms with Gasteiger partial charge in [0.2, 0.25) is 0 Å². The molecule has 0 aliphatic heterocycles. The summed E-state index contributed by atoms with van der Waals surface area (Å²) in [4.78, 5) is 3.84. The molecule has 1 nitrogen and oxygen atoms in total. The fourth-order valence-electron chi connectivity index (χ4n) is 0.503. The van der Waals surface area contributed by atoms with Crippen LogP contribution in [-0.4, -0.2) is 6.51 Å². The standard InChI is InChI=1S/C10H7BN/c1-4-7-10-12-11(8-5-2)9-6-3/h1H,2-3H3/q-1. The van der Waals surface area contributed by atoms with E-state index in [9.17, 15) is 0 Å². The average Bonchev–Trinajstić information content (AvgIpc) is 2.06. The Balaban J connectivity index is 4.68. The van der Waals surface area contributed by atoms with Crippen LogP contribution in [0.2, 0.25) is 0 Å². The molecule has 0 spiro atoms. The van der Waals surface area contributed by atoms with Gasteiger partial charge in [0.05, 0.1) is 0 Å². The van der Waals surface area contributed by atoms with Gasteiger partial charge in [-0.1, -0.05) is 0 Å². The molecule has 0 saturated heterocycles. The van der Waals surface area contributed by atoms with Crippen LogP contribution in [0.25, 0.3) is 0 Å². The second kappa shape index (κ2) is 7.21. The summed E-state index contributed by atoms with van der Waals surface area (Å²) < 4.78 is 0. The zero-order chi connectivity index (χ0) is 9.23. The predicted molar refractivity (Wildman–Crippen MR) is 51.7 cm³/mol. The van der Waals surface area contributed by atoms with E-state index in [1.165, 1.54) is 0 Å². The SMILES string of the molecule is C#CC#CN=[B-](C#CC)C#CC. The van der Waals surface area contributed by atoms with Gasteiger partial charge in [-0.25, -0.2) is 0 Å². The minimum absolute atomic E-state index is 0.333. The molecule has 12 heavy (non-hydrogen) atoms. The second-order valence-corrected chi connectivity index (χ2v) is 1.70. The van der Waals surface area contributed by atoms with Gasteiger partial charge in [0.25, 0.3) is 0 Å². The third-order valence-corrected chi connectivity index (χ3v) is 0.884. The Bertz CT molecular complexity index is 369. The summed E-state index contributed by atoms with van der Waals surface area (Å²) in [6.07, 6.45) is 4.91. The van der Waals surface area contributed by atoms with Crippen LogP contribution in [0.1, 0.15) is 13.8 Å².